The SMILES string of the molecule is COc1cc(NC(=O)N(C)CC(C)C(=O)O)ccc1OC(C)C. The highest BCUT2D eigenvalue weighted by atomic mass is 16.5. The van der Waals surface area contributed by atoms with Crippen LogP contribution in [0.5, 0.6) is 11.5 Å². The molecule has 0 bridgehead atoms. The molecule has 1 aromatic carbocycles. The van der Waals surface area contributed by atoms with Crippen LogP contribution in [0.3, 0.4) is 0 Å². The highest BCUT2D eigenvalue weighted by molar-refractivity contribution is 5.89. The number of urea groups is 1. The summed E-state index contributed by atoms with van der Waals surface area (Å²) in [6, 6.07) is 4.68. The lowest BCUT2D eigenvalue weighted by molar-refractivity contribution is -0.141. The maximum Gasteiger partial charge on any atom is 0.321 e. The summed E-state index contributed by atoms with van der Waals surface area (Å²) in [6.45, 7) is 5.49. The fourth-order valence-electron chi connectivity index (χ4n) is 1.89. The van der Waals surface area contributed by atoms with Crippen LogP contribution < -0.4 is 14.8 Å². The van der Waals surface area contributed by atoms with Crippen molar-refractivity contribution in [2.45, 2.75) is 26.9 Å². The molecule has 0 aliphatic rings. The molecular formula is C16H24N2O5. The van der Waals surface area contributed by atoms with Crippen molar-refractivity contribution in [3.63, 3.8) is 0 Å². The molecule has 7 nitrogen and oxygen atoms in total. The van der Waals surface area contributed by atoms with Gasteiger partial charge in [-0.05, 0) is 26.0 Å². The summed E-state index contributed by atoms with van der Waals surface area (Å²) in [5.41, 5.74) is 0.540. The van der Waals surface area contributed by atoms with Gasteiger partial charge in [0.05, 0.1) is 19.1 Å². The standard InChI is InChI=1S/C16H24N2O5/c1-10(2)23-13-7-6-12(8-14(13)22-5)17-16(21)18(4)9-11(3)15(19)20/h6-8,10-11H,9H2,1-5H3,(H,17,21)(H,19,20). The molecule has 0 aliphatic carbocycles. The molecule has 1 rings (SSSR count). The number of hydrogen-bond acceptors (Lipinski definition) is 4. The van der Waals surface area contributed by atoms with Crippen molar-refractivity contribution in [2.24, 2.45) is 5.92 Å². The van der Waals surface area contributed by atoms with Crippen LogP contribution in [-0.2, 0) is 4.79 Å². The number of rotatable bonds is 7. The predicted molar refractivity (Wildman–Crippen MR) is 87.2 cm³/mol. The van der Waals surface area contributed by atoms with E-state index in [1.54, 1.807) is 32.2 Å². The van der Waals surface area contributed by atoms with Gasteiger partial charge in [0.1, 0.15) is 0 Å². The van der Waals surface area contributed by atoms with E-state index in [-0.39, 0.29) is 12.6 Å². The molecule has 0 aromatic heterocycles. The monoisotopic (exact) mass is 324 g/mol. The van der Waals surface area contributed by atoms with Crippen molar-refractivity contribution in [1.82, 2.24) is 4.90 Å². The summed E-state index contributed by atoms with van der Waals surface area (Å²) in [4.78, 5) is 24.2. The smallest absolute Gasteiger partial charge is 0.321 e. The average Bonchev–Trinajstić information content (AvgIpc) is 2.47. The number of aliphatic carboxylic acids is 1. The van der Waals surface area contributed by atoms with Gasteiger partial charge >= 0.3 is 12.0 Å². The molecule has 0 fully saturated rings. The van der Waals surface area contributed by atoms with Gasteiger partial charge in [0.25, 0.3) is 0 Å². The number of ether oxygens (including phenoxy) is 2. The van der Waals surface area contributed by atoms with E-state index in [2.05, 4.69) is 5.32 Å². The summed E-state index contributed by atoms with van der Waals surface area (Å²) in [6.07, 6.45) is 0.00739. The Morgan fingerprint density at radius 3 is 2.43 bits per heavy atom. The van der Waals surface area contributed by atoms with Crippen LogP contribution in [0.4, 0.5) is 10.5 Å². The normalized spacial score (nSPS) is 11.7. The van der Waals surface area contributed by atoms with Gasteiger partial charge in [-0.25, -0.2) is 4.79 Å². The molecule has 7 heteroatoms. The molecule has 0 saturated carbocycles. The van der Waals surface area contributed by atoms with Gasteiger partial charge in [-0.3, -0.25) is 4.79 Å². The number of carbonyl (C=O) groups is 2. The molecule has 0 saturated heterocycles. The van der Waals surface area contributed by atoms with E-state index in [4.69, 9.17) is 14.6 Å². The Labute approximate surface area is 136 Å². The van der Waals surface area contributed by atoms with E-state index in [1.807, 2.05) is 13.8 Å². The van der Waals surface area contributed by atoms with Crippen molar-refractivity contribution in [3.8, 4) is 11.5 Å². The van der Waals surface area contributed by atoms with E-state index in [0.29, 0.717) is 17.2 Å². The Bertz CT molecular complexity index is 559. The molecule has 0 spiro atoms. The largest absolute Gasteiger partial charge is 0.493 e. The zero-order valence-corrected chi connectivity index (χ0v) is 14.1. The van der Waals surface area contributed by atoms with Gasteiger partial charge in [0, 0.05) is 25.3 Å². The summed E-state index contributed by atoms with van der Waals surface area (Å²) in [5.74, 6) is -0.477. The highest BCUT2D eigenvalue weighted by Crippen LogP contribution is 2.31. The fraction of sp³-hybridized carbons (Fsp3) is 0.500. The molecule has 0 aliphatic heterocycles. The Balaban J connectivity index is 2.76. The van der Waals surface area contributed by atoms with Crippen LogP contribution in [0.2, 0.25) is 0 Å². The lowest BCUT2D eigenvalue weighted by Gasteiger charge is -2.20. The summed E-state index contributed by atoms with van der Waals surface area (Å²) >= 11 is 0. The molecule has 1 unspecified atom stereocenters. The number of anilines is 1. The van der Waals surface area contributed by atoms with E-state index < -0.39 is 17.9 Å². The van der Waals surface area contributed by atoms with E-state index in [9.17, 15) is 9.59 Å². The number of carboxylic acids is 1. The lowest BCUT2D eigenvalue weighted by atomic mass is 10.2. The predicted octanol–water partition coefficient (Wildman–Crippen LogP) is 2.67. The second kappa shape index (κ2) is 8.26. The van der Waals surface area contributed by atoms with Crippen LogP contribution >= 0.6 is 0 Å². The van der Waals surface area contributed by atoms with Crippen LogP contribution in [0.25, 0.3) is 0 Å². The van der Waals surface area contributed by atoms with Crippen LogP contribution in [0.15, 0.2) is 18.2 Å². The van der Waals surface area contributed by atoms with Crippen molar-refractivity contribution >= 4 is 17.7 Å². The van der Waals surface area contributed by atoms with Crippen molar-refractivity contribution in [1.29, 1.82) is 0 Å². The lowest BCUT2D eigenvalue weighted by Crippen LogP contribution is -2.36. The Morgan fingerprint density at radius 1 is 1.26 bits per heavy atom. The van der Waals surface area contributed by atoms with Crippen LogP contribution in [0, 0.1) is 5.92 Å². The molecule has 0 heterocycles. The summed E-state index contributed by atoms with van der Waals surface area (Å²) < 4.78 is 10.9. The quantitative estimate of drug-likeness (QED) is 0.805. The van der Waals surface area contributed by atoms with Crippen LogP contribution in [0.1, 0.15) is 20.8 Å². The third kappa shape index (κ3) is 5.69. The van der Waals surface area contributed by atoms with Crippen molar-refractivity contribution < 1.29 is 24.2 Å². The number of amides is 2. The number of methoxy groups -OCH3 is 1. The highest BCUT2D eigenvalue weighted by Gasteiger charge is 2.18. The summed E-state index contributed by atoms with van der Waals surface area (Å²) in [5, 5.41) is 11.6. The molecule has 1 aromatic rings. The van der Waals surface area contributed by atoms with Crippen LogP contribution in [-0.4, -0.2) is 48.8 Å². The summed E-state index contributed by atoms with van der Waals surface area (Å²) in [7, 11) is 3.07. The molecule has 23 heavy (non-hydrogen) atoms. The second-order valence-corrected chi connectivity index (χ2v) is 5.58. The van der Waals surface area contributed by atoms with Gasteiger partial charge in [0.15, 0.2) is 11.5 Å². The Hall–Kier alpha value is -2.44. The van der Waals surface area contributed by atoms with Crippen molar-refractivity contribution in [2.75, 3.05) is 26.0 Å². The first-order valence-corrected chi connectivity index (χ1v) is 7.34. The van der Waals surface area contributed by atoms with E-state index in [1.165, 1.54) is 12.0 Å². The molecule has 128 valence electrons. The van der Waals surface area contributed by atoms with Gasteiger partial charge in [-0.2, -0.15) is 0 Å². The number of hydrogen-bond donors (Lipinski definition) is 2. The first-order chi connectivity index (χ1) is 10.7. The van der Waals surface area contributed by atoms with E-state index in [0.717, 1.165) is 0 Å². The Kier molecular flexibility index (Phi) is 6.68. The second-order valence-electron chi connectivity index (χ2n) is 5.58. The number of benzene rings is 1. The number of carbonyl (C=O) groups excluding carboxylic acids is 1. The van der Waals surface area contributed by atoms with Gasteiger partial charge in [-0.15, -0.1) is 0 Å². The maximum absolute atomic E-state index is 12.1. The minimum Gasteiger partial charge on any atom is -0.493 e. The third-order valence-corrected chi connectivity index (χ3v) is 3.09. The molecule has 2 amide bonds. The van der Waals surface area contributed by atoms with E-state index >= 15 is 0 Å². The minimum absolute atomic E-state index is 0.00739. The van der Waals surface area contributed by atoms with Gasteiger partial charge in [0.2, 0.25) is 0 Å². The van der Waals surface area contributed by atoms with Crippen molar-refractivity contribution in [3.05, 3.63) is 18.2 Å². The minimum atomic E-state index is -0.943. The van der Waals surface area contributed by atoms with Gasteiger partial charge < -0.3 is 24.8 Å². The fourth-order valence-corrected chi connectivity index (χ4v) is 1.89. The number of nitrogens with zero attached hydrogens (tertiary/aromatic N) is 1. The number of nitrogens with one attached hydrogen (secondary N) is 1. The molecule has 0 radical (unpaired) electrons. The first-order valence-electron chi connectivity index (χ1n) is 7.34. The zero-order chi connectivity index (χ0) is 17.6. The maximum atomic E-state index is 12.1. The number of carboxylic acid groups (broad SMARTS) is 1. The topological polar surface area (TPSA) is 88.1 Å². The average molecular weight is 324 g/mol. The van der Waals surface area contributed by atoms with Gasteiger partial charge in [-0.1, -0.05) is 6.92 Å². The third-order valence-electron chi connectivity index (χ3n) is 3.09. The zero-order valence-electron chi connectivity index (χ0n) is 14.1. The first kappa shape index (κ1) is 18.6. The molecule has 1 atom stereocenters. The molecule has 2 N–H and O–H groups in total. The Morgan fingerprint density at radius 2 is 1.91 bits per heavy atom. The molecular weight excluding hydrogens is 300 g/mol.